The first-order valence-electron chi connectivity index (χ1n) is 6.11. The molecule has 0 amide bonds. The first-order valence-corrected chi connectivity index (χ1v) is 8.48. The molecule has 0 spiro atoms. The molecule has 0 fully saturated rings. The molecule has 2 aromatic rings. The standard InChI is InChI=1S/C14H17NO2S2/c1-11(2)14(13-9-6-10-18-13)15-19(16,17)12-7-4-3-5-8-12/h3-11,14-15H,1-2H3/t14-/m0/s1. The summed E-state index contributed by atoms with van der Waals surface area (Å²) in [6.45, 7) is 4.02. The molecule has 1 aromatic carbocycles. The normalized spacial score (nSPS) is 13.6. The lowest BCUT2D eigenvalue weighted by Gasteiger charge is -2.21. The Bertz CT molecular complexity index is 604. The molecule has 0 aliphatic carbocycles. The van der Waals surface area contributed by atoms with Gasteiger partial charge in [0.05, 0.1) is 10.9 Å². The number of hydrogen-bond acceptors (Lipinski definition) is 3. The highest BCUT2D eigenvalue weighted by Gasteiger charge is 2.24. The highest BCUT2D eigenvalue weighted by molar-refractivity contribution is 7.89. The molecule has 0 bridgehead atoms. The predicted molar refractivity (Wildman–Crippen MR) is 78.7 cm³/mol. The summed E-state index contributed by atoms with van der Waals surface area (Å²) in [6, 6.07) is 12.2. The van der Waals surface area contributed by atoms with Gasteiger partial charge in [0.25, 0.3) is 0 Å². The third kappa shape index (κ3) is 3.43. The maximum Gasteiger partial charge on any atom is 0.241 e. The summed E-state index contributed by atoms with van der Waals surface area (Å²) in [5.74, 6) is 0.192. The maximum atomic E-state index is 12.3. The molecule has 102 valence electrons. The topological polar surface area (TPSA) is 46.2 Å². The van der Waals surface area contributed by atoms with Crippen molar-refractivity contribution in [3.8, 4) is 0 Å². The van der Waals surface area contributed by atoms with Gasteiger partial charge in [-0.2, -0.15) is 0 Å². The quantitative estimate of drug-likeness (QED) is 0.918. The minimum absolute atomic E-state index is 0.190. The third-order valence-electron chi connectivity index (χ3n) is 2.85. The van der Waals surface area contributed by atoms with Gasteiger partial charge in [-0.05, 0) is 29.5 Å². The van der Waals surface area contributed by atoms with E-state index in [0.717, 1.165) is 4.88 Å². The van der Waals surface area contributed by atoms with E-state index in [-0.39, 0.29) is 12.0 Å². The number of rotatable bonds is 5. The minimum atomic E-state index is -3.47. The third-order valence-corrected chi connectivity index (χ3v) is 5.26. The Morgan fingerprint density at radius 3 is 2.26 bits per heavy atom. The summed E-state index contributed by atoms with van der Waals surface area (Å²) >= 11 is 1.57. The molecule has 0 saturated heterocycles. The van der Waals surface area contributed by atoms with E-state index in [2.05, 4.69) is 4.72 Å². The molecule has 0 aliphatic rings. The fourth-order valence-electron chi connectivity index (χ4n) is 1.83. The Hall–Kier alpha value is -1.17. The Morgan fingerprint density at radius 2 is 1.74 bits per heavy atom. The molecular formula is C14H17NO2S2. The maximum absolute atomic E-state index is 12.3. The summed E-state index contributed by atoms with van der Waals surface area (Å²) in [6.07, 6.45) is 0. The van der Waals surface area contributed by atoms with Gasteiger partial charge in [0, 0.05) is 4.88 Å². The number of benzene rings is 1. The van der Waals surface area contributed by atoms with Gasteiger partial charge in [0.2, 0.25) is 10.0 Å². The summed E-state index contributed by atoms with van der Waals surface area (Å²) in [4.78, 5) is 1.34. The van der Waals surface area contributed by atoms with E-state index in [0.29, 0.717) is 4.90 Å². The molecule has 0 saturated carbocycles. The van der Waals surface area contributed by atoms with Gasteiger partial charge < -0.3 is 0 Å². The van der Waals surface area contributed by atoms with Crippen molar-refractivity contribution in [1.29, 1.82) is 0 Å². The van der Waals surface area contributed by atoms with Crippen molar-refractivity contribution in [2.75, 3.05) is 0 Å². The van der Waals surface area contributed by atoms with Crippen LogP contribution in [0.4, 0.5) is 0 Å². The summed E-state index contributed by atoms with van der Waals surface area (Å²) in [5, 5.41) is 1.96. The number of thiophene rings is 1. The lowest BCUT2D eigenvalue weighted by Crippen LogP contribution is -2.31. The average molecular weight is 295 g/mol. The second kappa shape index (κ2) is 5.86. The molecule has 2 rings (SSSR count). The van der Waals surface area contributed by atoms with Crippen molar-refractivity contribution in [3.05, 3.63) is 52.7 Å². The van der Waals surface area contributed by atoms with Crippen molar-refractivity contribution in [3.63, 3.8) is 0 Å². The van der Waals surface area contributed by atoms with Crippen LogP contribution in [0.1, 0.15) is 24.8 Å². The van der Waals surface area contributed by atoms with Crippen molar-refractivity contribution < 1.29 is 8.42 Å². The second-order valence-corrected chi connectivity index (χ2v) is 7.36. The lowest BCUT2D eigenvalue weighted by molar-refractivity contribution is 0.469. The zero-order chi connectivity index (χ0) is 13.9. The van der Waals surface area contributed by atoms with Gasteiger partial charge in [0.1, 0.15) is 0 Å². The van der Waals surface area contributed by atoms with E-state index in [1.165, 1.54) is 0 Å². The molecule has 0 radical (unpaired) electrons. The summed E-state index contributed by atoms with van der Waals surface area (Å²) in [5.41, 5.74) is 0. The Labute approximate surface area is 118 Å². The van der Waals surface area contributed by atoms with Crippen LogP contribution in [-0.4, -0.2) is 8.42 Å². The monoisotopic (exact) mass is 295 g/mol. The SMILES string of the molecule is CC(C)[C@H](NS(=O)(=O)c1ccccc1)c1cccs1. The molecule has 3 nitrogen and oxygen atoms in total. The van der Waals surface area contributed by atoms with E-state index in [1.807, 2.05) is 31.4 Å². The van der Waals surface area contributed by atoms with Crippen molar-refractivity contribution in [2.24, 2.45) is 5.92 Å². The molecular weight excluding hydrogens is 278 g/mol. The fraction of sp³-hybridized carbons (Fsp3) is 0.286. The number of sulfonamides is 1. The molecule has 0 aliphatic heterocycles. The van der Waals surface area contributed by atoms with Crippen LogP contribution in [0.15, 0.2) is 52.7 Å². The molecule has 1 N–H and O–H groups in total. The Balaban J connectivity index is 2.28. The first-order chi connectivity index (χ1) is 9.00. The summed E-state index contributed by atoms with van der Waals surface area (Å²) < 4.78 is 27.5. The van der Waals surface area contributed by atoms with E-state index >= 15 is 0 Å². The fourth-order valence-corrected chi connectivity index (χ4v) is 4.23. The van der Waals surface area contributed by atoms with Crippen LogP contribution in [0.25, 0.3) is 0 Å². The molecule has 1 heterocycles. The second-order valence-electron chi connectivity index (χ2n) is 4.67. The highest BCUT2D eigenvalue weighted by atomic mass is 32.2. The molecule has 1 atom stereocenters. The van der Waals surface area contributed by atoms with E-state index < -0.39 is 10.0 Å². The molecule has 0 unspecified atom stereocenters. The van der Waals surface area contributed by atoms with Crippen molar-refractivity contribution in [2.45, 2.75) is 24.8 Å². The highest BCUT2D eigenvalue weighted by Crippen LogP contribution is 2.27. The van der Waals surface area contributed by atoms with Crippen molar-refractivity contribution >= 4 is 21.4 Å². The number of nitrogens with one attached hydrogen (secondary N) is 1. The van der Waals surface area contributed by atoms with Crippen LogP contribution in [0.2, 0.25) is 0 Å². The minimum Gasteiger partial charge on any atom is -0.207 e. The van der Waals surface area contributed by atoms with Gasteiger partial charge in [-0.25, -0.2) is 13.1 Å². The average Bonchev–Trinajstić information content (AvgIpc) is 2.90. The molecule has 1 aromatic heterocycles. The first kappa shape index (κ1) is 14.2. The van der Waals surface area contributed by atoms with Crippen LogP contribution in [0, 0.1) is 5.92 Å². The Kier molecular flexibility index (Phi) is 4.39. The van der Waals surface area contributed by atoms with Crippen LogP contribution in [-0.2, 0) is 10.0 Å². The lowest BCUT2D eigenvalue weighted by atomic mass is 10.0. The van der Waals surface area contributed by atoms with Crippen LogP contribution in [0.3, 0.4) is 0 Å². The van der Waals surface area contributed by atoms with Gasteiger partial charge in [0.15, 0.2) is 0 Å². The van der Waals surface area contributed by atoms with Crippen LogP contribution < -0.4 is 4.72 Å². The van der Waals surface area contributed by atoms with Crippen molar-refractivity contribution in [1.82, 2.24) is 4.72 Å². The van der Waals surface area contributed by atoms with E-state index in [4.69, 9.17) is 0 Å². The number of hydrogen-bond donors (Lipinski definition) is 1. The van der Waals surface area contributed by atoms with E-state index in [9.17, 15) is 8.42 Å². The largest absolute Gasteiger partial charge is 0.241 e. The van der Waals surface area contributed by atoms with Gasteiger partial charge in [-0.3, -0.25) is 0 Å². The summed E-state index contributed by atoms with van der Waals surface area (Å²) in [7, 11) is -3.47. The van der Waals surface area contributed by atoms with Crippen LogP contribution >= 0.6 is 11.3 Å². The van der Waals surface area contributed by atoms with Crippen LogP contribution in [0.5, 0.6) is 0 Å². The van der Waals surface area contributed by atoms with E-state index in [1.54, 1.807) is 41.7 Å². The predicted octanol–water partition coefficient (Wildman–Crippen LogP) is 3.42. The zero-order valence-electron chi connectivity index (χ0n) is 10.9. The van der Waals surface area contributed by atoms with Gasteiger partial charge in [-0.1, -0.05) is 38.1 Å². The molecule has 19 heavy (non-hydrogen) atoms. The molecule has 5 heteroatoms. The smallest absolute Gasteiger partial charge is 0.207 e. The Morgan fingerprint density at radius 1 is 1.05 bits per heavy atom. The van der Waals surface area contributed by atoms with Gasteiger partial charge in [-0.15, -0.1) is 11.3 Å². The van der Waals surface area contributed by atoms with Gasteiger partial charge >= 0.3 is 0 Å². The zero-order valence-corrected chi connectivity index (χ0v) is 12.5.